The molecule has 1 aliphatic carbocycles. The second-order valence-corrected chi connectivity index (χ2v) is 7.68. The van der Waals surface area contributed by atoms with Crippen LogP contribution in [0.2, 0.25) is 0 Å². The maximum Gasteiger partial charge on any atom is 0.279 e. The Morgan fingerprint density at radius 1 is 1.08 bits per heavy atom. The summed E-state index contributed by atoms with van der Waals surface area (Å²) in [6, 6.07) is 6.37. The lowest BCUT2D eigenvalue weighted by atomic mass is 9.75. The standard InChI is InChI=1S/C21H32N2O/c1-3-16-10-7-11-17(4-2)21(16)22-20(24)15-23-13-12-18-8-5-6-9-19(18)14-23/h7,10-11,18-19H,3-6,8-9,12-15H2,1-2H3,(H,22,24)/p+1/t18-,19+/m0/s1. The predicted octanol–water partition coefficient (Wildman–Crippen LogP) is 2.84. The molecule has 1 aromatic carbocycles. The van der Waals surface area contributed by atoms with Gasteiger partial charge >= 0.3 is 0 Å². The van der Waals surface area contributed by atoms with Gasteiger partial charge in [-0.3, -0.25) is 4.79 Å². The molecule has 1 aromatic rings. The first-order valence-corrected chi connectivity index (χ1v) is 9.95. The highest BCUT2D eigenvalue weighted by molar-refractivity contribution is 5.93. The number of carbonyl (C=O) groups excluding carboxylic acids is 1. The molecule has 3 rings (SSSR count). The van der Waals surface area contributed by atoms with Crippen molar-refractivity contribution in [2.45, 2.75) is 58.8 Å². The average Bonchev–Trinajstić information content (AvgIpc) is 2.61. The number of fused-ring (bicyclic) bond motifs is 1. The van der Waals surface area contributed by atoms with Gasteiger partial charge in [-0.25, -0.2) is 0 Å². The molecule has 0 spiro atoms. The monoisotopic (exact) mass is 329 g/mol. The number of carbonyl (C=O) groups is 1. The molecule has 3 nitrogen and oxygen atoms in total. The maximum absolute atomic E-state index is 12.6. The fraction of sp³-hybridized carbons (Fsp3) is 0.667. The molecule has 1 aliphatic heterocycles. The van der Waals surface area contributed by atoms with Crippen molar-refractivity contribution in [2.24, 2.45) is 11.8 Å². The van der Waals surface area contributed by atoms with Gasteiger partial charge < -0.3 is 10.2 Å². The second kappa shape index (κ2) is 8.15. The van der Waals surface area contributed by atoms with Crippen molar-refractivity contribution in [3.05, 3.63) is 29.3 Å². The highest BCUT2D eigenvalue weighted by Crippen LogP contribution is 2.32. The summed E-state index contributed by atoms with van der Waals surface area (Å²) in [7, 11) is 0. The molecule has 0 radical (unpaired) electrons. The molecule has 1 saturated heterocycles. The third kappa shape index (κ3) is 4.00. The van der Waals surface area contributed by atoms with Crippen LogP contribution in [-0.2, 0) is 17.6 Å². The largest absolute Gasteiger partial charge is 0.327 e. The number of likely N-dealkylation sites (tertiary alicyclic amines) is 1. The fourth-order valence-electron chi connectivity index (χ4n) is 4.77. The summed E-state index contributed by atoms with van der Waals surface area (Å²) in [6.07, 6.45) is 8.86. The van der Waals surface area contributed by atoms with Gasteiger partial charge in [-0.05, 0) is 49.1 Å². The number of hydrogen-bond acceptors (Lipinski definition) is 1. The minimum Gasteiger partial charge on any atom is -0.327 e. The molecule has 1 unspecified atom stereocenters. The van der Waals surface area contributed by atoms with Crippen LogP contribution in [0.4, 0.5) is 5.69 Å². The zero-order valence-corrected chi connectivity index (χ0v) is 15.4. The normalized spacial score (nSPS) is 26.7. The van der Waals surface area contributed by atoms with Crippen LogP contribution in [0.15, 0.2) is 18.2 Å². The van der Waals surface area contributed by atoms with Crippen LogP contribution in [0, 0.1) is 11.8 Å². The van der Waals surface area contributed by atoms with Crippen LogP contribution in [0.25, 0.3) is 0 Å². The molecule has 3 atom stereocenters. The fourth-order valence-corrected chi connectivity index (χ4v) is 4.77. The Hall–Kier alpha value is -1.35. The summed E-state index contributed by atoms with van der Waals surface area (Å²) in [4.78, 5) is 14.1. The van der Waals surface area contributed by atoms with E-state index in [9.17, 15) is 4.79 Å². The Kier molecular flexibility index (Phi) is 5.94. The number of quaternary nitrogens is 1. The summed E-state index contributed by atoms with van der Waals surface area (Å²) >= 11 is 0. The average molecular weight is 330 g/mol. The number of para-hydroxylation sites is 1. The number of amides is 1. The summed E-state index contributed by atoms with van der Waals surface area (Å²) in [5.41, 5.74) is 3.58. The number of aryl methyl sites for hydroxylation is 2. The quantitative estimate of drug-likeness (QED) is 0.856. The summed E-state index contributed by atoms with van der Waals surface area (Å²) in [6.45, 7) is 7.32. The van der Waals surface area contributed by atoms with Gasteiger partial charge in [-0.2, -0.15) is 0 Å². The van der Waals surface area contributed by atoms with Gasteiger partial charge in [0, 0.05) is 11.6 Å². The van der Waals surface area contributed by atoms with Crippen LogP contribution in [0.3, 0.4) is 0 Å². The van der Waals surface area contributed by atoms with Gasteiger partial charge in [0.05, 0.1) is 13.1 Å². The Labute approximate surface area is 146 Å². The van der Waals surface area contributed by atoms with Crippen molar-refractivity contribution in [3.8, 4) is 0 Å². The van der Waals surface area contributed by atoms with E-state index < -0.39 is 0 Å². The molecule has 0 aromatic heterocycles. The van der Waals surface area contributed by atoms with Crippen LogP contribution in [0.1, 0.15) is 57.1 Å². The Bertz CT molecular complexity index is 547. The summed E-state index contributed by atoms with van der Waals surface area (Å²) in [5.74, 6) is 2.00. The SMILES string of the molecule is CCc1cccc(CC)c1NC(=O)C[NH+]1CC[C@@H]2CCCC[C@@H]2C1. The number of anilines is 1. The van der Waals surface area contributed by atoms with Crippen LogP contribution < -0.4 is 10.2 Å². The molecule has 2 aliphatic rings. The summed E-state index contributed by atoms with van der Waals surface area (Å²) in [5, 5.41) is 3.24. The molecule has 132 valence electrons. The molecule has 1 heterocycles. The third-order valence-corrected chi connectivity index (χ3v) is 6.16. The van der Waals surface area contributed by atoms with Gasteiger partial charge in [0.15, 0.2) is 6.54 Å². The number of rotatable bonds is 5. The van der Waals surface area contributed by atoms with Crippen molar-refractivity contribution < 1.29 is 9.69 Å². The minimum absolute atomic E-state index is 0.190. The van der Waals surface area contributed by atoms with Crippen molar-refractivity contribution in [3.63, 3.8) is 0 Å². The van der Waals surface area contributed by atoms with E-state index in [-0.39, 0.29) is 5.91 Å². The highest BCUT2D eigenvalue weighted by Gasteiger charge is 2.34. The van der Waals surface area contributed by atoms with Crippen LogP contribution in [-0.4, -0.2) is 25.5 Å². The first-order chi connectivity index (χ1) is 11.7. The van der Waals surface area contributed by atoms with Gasteiger partial charge in [-0.15, -0.1) is 0 Å². The third-order valence-electron chi connectivity index (χ3n) is 6.16. The zero-order chi connectivity index (χ0) is 16.9. The molecule has 2 N–H and O–H groups in total. The smallest absolute Gasteiger partial charge is 0.279 e. The van der Waals surface area contributed by atoms with Gasteiger partial charge in [0.1, 0.15) is 0 Å². The van der Waals surface area contributed by atoms with Crippen LogP contribution in [0.5, 0.6) is 0 Å². The van der Waals surface area contributed by atoms with Crippen molar-refractivity contribution in [1.82, 2.24) is 0 Å². The topological polar surface area (TPSA) is 33.5 Å². The first-order valence-electron chi connectivity index (χ1n) is 9.95. The van der Waals surface area contributed by atoms with Crippen molar-refractivity contribution in [2.75, 3.05) is 25.0 Å². The van der Waals surface area contributed by atoms with Gasteiger partial charge in [-0.1, -0.05) is 44.9 Å². The van der Waals surface area contributed by atoms with E-state index in [1.165, 1.54) is 61.2 Å². The lowest BCUT2D eigenvalue weighted by Gasteiger charge is -2.38. The Morgan fingerprint density at radius 3 is 2.42 bits per heavy atom. The number of piperidine rings is 1. The Morgan fingerprint density at radius 2 is 1.75 bits per heavy atom. The van der Waals surface area contributed by atoms with Gasteiger partial charge in [0.25, 0.3) is 5.91 Å². The second-order valence-electron chi connectivity index (χ2n) is 7.68. The predicted molar refractivity (Wildman–Crippen MR) is 99.5 cm³/mol. The molecule has 2 fully saturated rings. The van der Waals surface area contributed by atoms with Crippen LogP contribution >= 0.6 is 0 Å². The first kappa shape index (κ1) is 17.5. The number of benzene rings is 1. The van der Waals surface area contributed by atoms with E-state index >= 15 is 0 Å². The lowest BCUT2D eigenvalue weighted by molar-refractivity contribution is -0.902. The molecule has 3 heteroatoms. The molecular formula is C21H33N2O+. The van der Waals surface area contributed by atoms with E-state index in [2.05, 4.69) is 37.4 Å². The molecule has 24 heavy (non-hydrogen) atoms. The molecule has 0 bridgehead atoms. The number of hydrogen-bond donors (Lipinski definition) is 2. The summed E-state index contributed by atoms with van der Waals surface area (Å²) < 4.78 is 0. The van der Waals surface area contributed by atoms with E-state index in [0.29, 0.717) is 6.54 Å². The van der Waals surface area contributed by atoms with E-state index in [0.717, 1.165) is 30.4 Å². The van der Waals surface area contributed by atoms with Crippen molar-refractivity contribution in [1.29, 1.82) is 0 Å². The Balaban J connectivity index is 1.60. The highest BCUT2D eigenvalue weighted by atomic mass is 16.2. The van der Waals surface area contributed by atoms with E-state index in [1.807, 2.05) is 0 Å². The van der Waals surface area contributed by atoms with Gasteiger partial charge in [0.2, 0.25) is 0 Å². The maximum atomic E-state index is 12.6. The number of nitrogens with one attached hydrogen (secondary N) is 2. The molecule has 1 amide bonds. The molecular weight excluding hydrogens is 296 g/mol. The lowest BCUT2D eigenvalue weighted by Crippen LogP contribution is -3.15. The van der Waals surface area contributed by atoms with E-state index in [4.69, 9.17) is 0 Å². The van der Waals surface area contributed by atoms with E-state index in [1.54, 1.807) is 0 Å². The minimum atomic E-state index is 0.190. The zero-order valence-electron chi connectivity index (χ0n) is 15.4. The molecule has 1 saturated carbocycles. The van der Waals surface area contributed by atoms with Crippen molar-refractivity contribution >= 4 is 11.6 Å².